The summed E-state index contributed by atoms with van der Waals surface area (Å²) in [5.41, 5.74) is 2.25. The van der Waals surface area contributed by atoms with Crippen LogP contribution >= 0.6 is 0 Å². The Morgan fingerprint density at radius 2 is 2.40 bits per heavy atom. The van der Waals surface area contributed by atoms with Crippen molar-refractivity contribution in [1.29, 1.82) is 0 Å². The van der Waals surface area contributed by atoms with E-state index in [2.05, 4.69) is 11.9 Å². The lowest BCUT2D eigenvalue weighted by Crippen LogP contribution is -1.92. The Kier molecular flexibility index (Phi) is 1.81. The van der Waals surface area contributed by atoms with Crippen LogP contribution in [-0.2, 0) is 7.05 Å². The first-order chi connectivity index (χ1) is 4.79. The number of nitrogens with one attached hydrogen (secondary N) is 1. The maximum absolute atomic E-state index is 3.71. The van der Waals surface area contributed by atoms with Crippen LogP contribution < -0.4 is 5.32 Å². The summed E-state index contributed by atoms with van der Waals surface area (Å²) >= 11 is 0. The fraction of sp³-hybridized carbons (Fsp3) is 0.250. The summed E-state index contributed by atoms with van der Waals surface area (Å²) in [6.07, 6.45) is 3.84. The predicted molar refractivity (Wildman–Crippen MR) is 45.1 cm³/mol. The molecule has 1 rings (SSSR count). The number of anilines is 1. The Morgan fingerprint density at radius 3 is 2.80 bits per heavy atom. The van der Waals surface area contributed by atoms with Crippen LogP contribution in [0.15, 0.2) is 18.8 Å². The summed E-state index contributed by atoms with van der Waals surface area (Å²) in [6.45, 7) is 3.71. The highest BCUT2D eigenvalue weighted by molar-refractivity contribution is 5.62. The molecule has 0 unspecified atom stereocenters. The number of aromatic nitrogens is 1. The molecular formula is C8H12N2. The van der Waals surface area contributed by atoms with E-state index >= 15 is 0 Å². The van der Waals surface area contributed by atoms with Gasteiger partial charge in [-0.25, -0.2) is 0 Å². The topological polar surface area (TPSA) is 17.0 Å². The molecule has 0 aliphatic rings. The fourth-order valence-electron chi connectivity index (χ4n) is 1.01. The second-order valence-electron chi connectivity index (χ2n) is 2.18. The standard InChI is InChI=1S/C8H12N2/c1-4-8-7(9-2)5-6-10(8)3/h4-6,9H,1H2,2-3H3. The van der Waals surface area contributed by atoms with Gasteiger partial charge in [0.1, 0.15) is 0 Å². The van der Waals surface area contributed by atoms with Gasteiger partial charge in [-0.15, -0.1) is 0 Å². The van der Waals surface area contributed by atoms with Gasteiger partial charge >= 0.3 is 0 Å². The number of hydrogen-bond acceptors (Lipinski definition) is 1. The first kappa shape index (κ1) is 6.93. The summed E-state index contributed by atoms with van der Waals surface area (Å²) in [5.74, 6) is 0. The molecule has 0 fully saturated rings. The van der Waals surface area contributed by atoms with Crippen LogP contribution in [0, 0.1) is 0 Å². The van der Waals surface area contributed by atoms with Crippen molar-refractivity contribution in [2.24, 2.45) is 7.05 Å². The first-order valence-corrected chi connectivity index (χ1v) is 3.25. The van der Waals surface area contributed by atoms with E-state index < -0.39 is 0 Å². The smallest absolute Gasteiger partial charge is 0.0633 e. The van der Waals surface area contributed by atoms with Gasteiger partial charge in [-0.2, -0.15) is 0 Å². The van der Waals surface area contributed by atoms with Crippen molar-refractivity contribution in [3.63, 3.8) is 0 Å². The molecule has 0 aromatic carbocycles. The molecule has 1 aromatic rings. The lowest BCUT2D eigenvalue weighted by atomic mass is 10.3. The molecular weight excluding hydrogens is 124 g/mol. The van der Waals surface area contributed by atoms with Crippen LogP contribution in [-0.4, -0.2) is 11.6 Å². The predicted octanol–water partition coefficient (Wildman–Crippen LogP) is 1.71. The molecule has 0 radical (unpaired) electrons. The highest BCUT2D eigenvalue weighted by atomic mass is 15.0. The molecule has 0 saturated carbocycles. The van der Waals surface area contributed by atoms with Gasteiger partial charge in [0.25, 0.3) is 0 Å². The zero-order chi connectivity index (χ0) is 7.56. The van der Waals surface area contributed by atoms with Crippen molar-refractivity contribution in [3.8, 4) is 0 Å². The third kappa shape index (κ3) is 0.923. The largest absolute Gasteiger partial charge is 0.386 e. The van der Waals surface area contributed by atoms with Gasteiger partial charge in [-0.1, -0.05) is 6.58 Å². The van der Waals surface area contributed by atoms with E-state index in [1.165, 1.54) is 0 Å². The number of hydrogen-bond donors (Lipinski definition) is 1. The Balaban J connectivity index is 3.12. The Labute approximate surface area is 61.2 Å². The lowest BCUT2D eigenvalue weighted by Gasteiger charge is -1.99. The third-order valence-corrected chi connectivity index (χ3v) is 1.58. The Hall–Kier alpha value is -1.18. The normalized spacial score (nSPS) is 9.40. The molecule has 0 aliphatic carbocycles. The molecule has 1 aromatic heterocycles. The van der Waals surface area contributed by atoms with Gasteiger partial charge in [-0.05, 0) is 12.1 Å². The third-order valence-electron chi connectivity index (χ3n) is 1.58. The molecule has 0 amide bonds. The summed E-state index contributed by atoms with van der Waals surface area (Å²) in [6, 6.07) is 2.02. The van der Waals surface area contributed by atoms with Crippen molar-refractivity contribution in [2.75, 3.05) is 12.4 Å². The molecule has 0 saturated heterocycles. The number of aryl methyl sites for hydroxylation is 1. The maximum atomic E-state index is 3.71. The quantitative estimate of drug-likeness (QED) is 0.655. The molecule has 1 heterocycles. The second-order valence-corrected chi connectivity index (χ2v) is 2.18. The van der Waals surface area contributed by atoms with Gasteiger partial charge in [0.15, 0.2) is 0 Å². The average molecular weight is 136 g/mol. The summed E-state index contributed by atoms with van der Waals surface area (Å²) in [7, 11) is 3.90. The summed E-state index contributed by atoms with van der Waals surface area (Å²) < 4.78 is 2.03. The Morgan fingerprint density at radius 1 is 1.70 bits per heavy atom. The first-order valence-electron chi connectivity index (χ1n) is 3.25. The van der Waals surface area contributed by atoms with Crippen LogP contribution in [0.4, 0.5) is 5.69 Å². The minimum Gasteiger partial charge on any atom is -0.386 e. The molecule has 54 valence electrons. The SMILES string of the molecule is C=Cc1c(NC)ccn1C. The van der Waals surface area contributed by atoms with E-state index in [9.17, 15) is 0 Å². The molecule has 2 heteroatoms. The molecule has 0 spiro atoms. The molecule has 10 heavy (non-hydrogen) atoms. The van der Waals surface area contributed by atoms with E-state index in [4.69, 9.17) is 0 Å². The van der Waals surface area contributed by atoms with Crippen molar-refractivity contribution in [3.05, 3.63) is 24.5 Å². The minimum atomic E-state index is 1.12. The highest BCUT2D eigenvalue weighted by Gasteiger charge is 1.98. The van der Waals surface area contributed by atoms with Crippen LogP contribution in [0.1, 0.15) is 5.69 Å². The fourth-order valence-corrected chi connectivity index (χ4v) is 1.01. The monoisotopic (exact) mass is 136 g/mol. The van der Waals surface area contributed by atoms with Gasteiger partial charge in [0.05, 0.1) is 11.4 Å². The van der Waals surface area contributed by atoms with Crippen molar-refractivity contribution >= 4 is 11.8 Å². The summed E-state index contributed by atoms with van der Waals surface area (Å²) in [4.78, 5) is 0. The van der Waals surface area contributed by atoms with Gasteiger partial charge in [0, 0.05) is 20.3 Å². The van der Waals surface area contributed by atoms with E-state index in [-0.39, 0.29) is 0 Å². The van der Waals surface area contributed by atoms with Crippen LogP contribution in [0.2, 0.25) is 0 Å². The molecule has 1 N–H and O–H groups in total. The zero-order valence-electron chi connectivity index (χ0n) is 6.39. The molecule has 2 nitrogen and oxygen atoms in total. The maximum Gasteiger partial charge on any atom is 0.0633 e. The van der Waals surface area contributed by atoms with Crippen molar-refractivity contribution in [2.45, 2.75) is 0 Å². The average Bonchev–Trinajstić information content (AvgIpc) is 2.30. The molecule has 0 atom stereocenters. The van der Waals surface area contributed by atoms with E-state index in [1.807, 2.05) is 37.0 Å². The van der Waals surface area contributed by atoms with Gasteiger partial charge in [-0.3, -0.25) is 0 Å². The van der Waals surface area contributed by atoms with Crippen LogP contribution in [0.25, 0.3) is 6.08 Å². The summed E-state index contributed by atoms with van der Waals surface area (Å²) in [5, 5.41) is 3.08. The molecule has 0 bridgehead atoms. The highest BCUT2D eigenvalue weighted by Crippen LogP contribution is 2.15. The van der Waals surface area contributed by atoms with Gasteiger partial charge < -0.3 is 9.88 Å². The number of rotatable bonds is 2. The Bertz CT molecular complexity index is 235. The van der Waals surface area contributed by atoms with E-state index in [0.29, 0.717) is 0 Å². The van der Waals surface area contributed by atoms with Crippen LogP contribution in [0.3, 0.4) is 0 Å². The lowest BCUT2D eigenvalue weighted by molar-refractivity contribution is 0.916. The second kappa shape index (κ2) is 2.60. The van der Waals surface area contributed by atoms with E-state index in [1.54, 1.807) is 0 Å². The zero-order valence-corrected chi connectivity index (χ0v) is 6.39. The number of nitrogens with zero attached hydrogens (tertiary/aromatic N) is 1. The van der Waals surface area contributed by atoms with Gasteiger partial charge in [0.2, 0.25) is 0 Å². The van der Waals surface area contributed by atoms with Crippen LogP contribution in [0.5, 0.6) is 0 Å². The van der Waals surface area contributed by atoms with E-state index in [0.717, 1.165) is 11.4 Å². The minimum absolute atomic E-state index is 1.12. The molecule has 0 aliphatic heterocycles. The van der Waals surface area contributed by atoms with Crippen molar-refractivity contribution in [1.82, 2.24) is 4.57 Å². The van der Waals surface area contributed by atoms with Crippen molar-refractivity contribution < 1.29 is 0 Å².